The molecule has 5 heteroatoms. The lowest BCUT2D eigenvalue weighted by atomic mass is 10.2. The van der Waals surface area contributed by atoms with E-state index in [4.69, 9.17) is 17.0 Å². The van der Waals surface area contributed by atoms with Gasteiger partial charge in [0.25, 0.3) is 0 Å². The van der Waals surface area contributed by atoms with Gasteiger partial charge in [0.05, 0.1) is 6.21 Å². The van der Waals surface area contributed by atoms with Crippen LogP contribution in [0.1, 0.15) is 11.1 Å². The van der Waals surface area contributed by atoms with Gasteiger partial charge in [-0.15, -0.1) is 0 Å². The zero-order valence-corrected chi connectivity index (χ0v) is 14.9. The molecule has 0 heterocycles. The second-order valence-corrected chi connectivity index (χ2v) is 5.94. The van der Waals surface area contributed by atoms with Crippen LogP contribution in [0, 0.1) is 0 Å². The lowest BCUT2D eigenvalue weighted by Gasteiger charge is -2.07. The van der Waals surface area contributed by atoms with E-state index in [0.29, 0.717) is 11.7 Å². The third-order valence-electron chi connectivity index (χ3n) is 3.54. The number of hydrazone groups is 1. The number of nitrogens with one attached hydrogen (secondary N) is 2. The second-order valence-electron chi connectivity index (χ2n) is 5.53. The van der Waals surface area contributed by atoms with E-state index in [0.717, 1.165) is 22.6 Å². The van der Waals surface area contributed by atoms with Gasteiger partial charge in [0, 0.05) is 5.69 Å². The summed E-state index contributed by atoms with van der Waals surface area (Å²) in [4.78, 5) is 0. The fourth-order valence-corrected chi connectivity index (χ4v) is 2.41. The quantitative estimate of drug-likeness (QED) is 0.383. The van der Waals surface area contributed by atoms with Crippen LogP contribution in [0.2, 0.25) is 0 Å². The van der Waals surface area contributed by atoms with Gasteiger partial charge in [0.15, 0.2) is 5.11 Å². The predicted octanol–water partition coefficient (Wildman–Crippen LogP) is 4.59. The molecular weight excluding hydrogens is 342 g/mol. The van der Waals surface area contributed by atoms with Crippen LogP contribution in [0.25, 0.3) is 0 Å². The zero-order chi connectivity index (χ0) is 18.0. The van der Waals surface area contributed by atoms with Gasteiger partial charge >= 0.3 is 0 Å². The first-order valence-corrected chi connectivity index (χ1v) is 8.62. The summed E-state index contributed by atoms with van der Waals surface area (Å²) in [7, 11) is 0. The van der Waals surface area contributed by atoms with Crippen LogP contribution in [0.15, 0.2) is 90.0 Å². The fraction of sp³-hybridized carbons (Fsp3) is 0.0476. The Hall–Kier alpha value is -3.18. The van der Waals surface area contributed by atoms with Crippen molar-refractivity contribution in [3.05, 3.63) is 96.1 Å². The van der Waals surface area contributed by atoms with Gasteiger partial charge < -0.3 is 10.1 Å². The van der Waals surface area contributed by atoms with Crippen LogP contribution in [0.3, 0.4) is 0 Å². The van der Waals surface area contributed by atoms with Crippen molar-refractivity contribution in [2.45, 2.75) is 6.61 Å². The number of benzene rings is 3. The molecular formula is C21H19N3OS. The summed E-state index contributed by atoms with van der Waals surface area (Å²) in [5.41, 5.74) is 5.81. The molecule has 3 aromatic rings. The highest BCUT2D eigenvalue weighted by molar-refractivity contribution is 7.80. The molecule has 130 valence electrons. The van der Waals surface area contributed by atoms with Crippen molar-refractivity contribution >= 4 is 29.2 Å². The van der Waals surface area contributed by atoms with Gasteiger partial charge in [0.2, 0.25) is 0 Å². The maximum Gasteiger partial charge on any atom is 0.191 e. The van der Waals surface area contributed by atoms with Crippen molar-refractivity contribution in [1.29, 1.82) is 0 Å². The Morgan fingerprint density at radius 1 is 0.885 bits per heavy atom. The van der Waals surface area contributed by atoms with Crippen molar-refractivity contribution in [3.8, 4) is 5.75 Å². The first kappa shape index (κ1) is 17.6. The molecule has 0 spiro atoms. The highest BCUT2D eigenvalue weighted by Crippen LogP contribution is 2.13. The molecule has 0 amide bonds. The third-order valence-corrected chi connectivity index (χ3v) is 3.73. The van der Waals surface area contributed by atoms with Crippen LogP contribution < -0.4 is 15.5 Å². The van der Waals surface area contributed by atoms with E-state index in [-0.39, 0.29) is 0 Å². The molecule has 0 unspecified atom stereocenters. The Morgan fingerprint density at radius 2 is 1.54 bits per heavy atom. The summed E-state index contributed by atoms with van der Waals surface area (Å²) in [5.74, 6) is 0.820. The van der Waals surface area contributed by atoms with E-state index in [9.17, 15) is 0 Å². The van der Waals surface area contributed by atoms with E-state index < -0.39 is 0 Å². The molecule has 4 nitrogen and oxygen atoms in total. The molecule has 2 N–H and O–H groups in total. The van der Waals surface area contributed by atoms with Crippen molar-refractivity contribution in [1.82, 2.24) is 5.43 Å². The maximum atomic E-state index is 5.77. The minimum Gasteiger partial charge on any atom is -0.489 e. The minimum atomic E-state index is 0.440. The first-order chi connectivity index (χ1) is 12.8. The van der Waals surface area contributed by atoms with Crippen molar-refractivity contribution in [2.75, 3.05) is 5.32 Å². The summed E-state index contributed by atoms with van der Waals surface area (Å²) in [6.45, 7) is 0.551. The van der Waals surface area contributed by atoms with Crippen LogP contribution in [-0.4, -0.2) is 11.3 Å². The summed E-state index contributed by atoms with van der Waals surface area (Å²) in [6, 6.07) is 27.5. The van der Waals surface area contributed by atoms with Crippen molar-refractivity contribution in [2.24, 2.45) is 5.10 Å². The fourth-order valence-electron chi connectivity index (χ4n) is 2.24. The molecule has 0 aliphatic heterocycles. The number of ether oxygens (including phenoxy) is 1. The van der Waals surface area contributed by atoms with Gasteiger partial charge in [-0.1, -0.05) is 48.5 Å². The Labute approximate surface area is 158 Å². The molecule has 3 aromatic carbocycles. The average Bonchev–Trinajstić information content (AvgIpc) is 2.69. The first-order valence-electron chi connectivity index (χ1n) is 8.21. The SMILES string of the molecule is S=C(N/N=C\c1ccc(OCc2ccccc2)cc1)Nc1ccccc1. The summed E-state index contributed by atoms with van der Waals surface area (Å²) in [6.07, 6.45) is 1.71. The standard InChI is InChI=1S/C21H19N3OS/c26-21(23-19-9-5-2-6-10-19)24-22-15-17-11-13-20(14-12-17)25-16-18-7-3-1-4-8-18/h1-15H,16H2,(H2,23,24,26)/b22-15-. The Balaban J connectivity index is 1.46. The second kappa shape index (κ2) is 9.34. The highest BCUT2D eigenvalue weighted by atomic mass is 32.1. The van der Waals surface area contributed by atoms with Gasteiger partial charge in [-0.25, -0.2) is 0 Å². The summed E-state index contributed by atoms with van der Waals surface area (Å²) < 4.78 is 5.77. The molecule has 0 atom stereocenters. The normalized spacial score (nSPS) is 10.5. The Morgan fingerprint density at radius 3 is 2.23 bits per heavy atom. The van der Waals surface area contributed by atoms with Crippen molar-refractivity contribution in [3.63, 3.8) is 0 Å². The summed E-state index contributed by atoms with van der Waals surface area (Å²) >= 11 is 5.20. The van der Waals surface area contributed by atoms with E-state index in [1.54, 1.807) is 6.21 Å². The van der Waals surface area contributed by atoms with Gasteiger partial charge in [-0.2, -0.15) is 5.10 Å². The molecule has 0 aliphatic carbocycles. The number of para-hydroxylation sites is 1. The lowest BCUT2D eigenvalue weighted by Crippen LogP contribution is -2.23. The number of hydrogen-bond acceptors (Lipinski definition) is 3. The zero-order valence-electron chi connectivity index (χ0n) is 14.1. The van der Waals surface area contributed by atoms with Crippen LogP contribution in [0.5, 0.6) is 5.75 Å². The number of rotatable bonds is 6. The van der Waals surface area contributed by atoms with Crippen molar-refractivity contribution < 1.29 is 4.74 Å². The lowest BCUT2D eigenvalue weighted by molar-refractivity contribution is 0.306. The molecule has 0 saturated heterocycles. The molecule has 0 radical (unpaired) electrons. The van der Waals surface area contributed by atoms with E-state index in [1.807, 2.05) is 84.9 Å². The third kappa shape index (κ3) is 5.72. The molecule has 0 aromatic heterocycles. The van der Waals surface area contributed by atoms with E-state index in [2.05, 4.69) is 15.8 Å². The Bertz CT molecular complexity index is 849. The molecule has 0 saturated carbocycles. The molecule has 0 aliphatic rings. The van der Waals surface area contributed by atoms with Crippen LogP contribution in [0.4, 0.5) is 5.69 Å². The predicted molar refractivity (Wildman–Crippen MR) is 111 cm³/mol. The summed E-state index contributed by atoms with van der Waals surface area (Å²) in [5, 5.41) is 7.64. The van der Waals surface area contributed by atoms with Gasteiger partial charge in [0.1, 0.15) is 12.4 Å². The number of thiocarbonyl (C=S) groups is 1. The number of nitrogens with zero attached hydrogens (tertiary/aromatic N) is 1. The Kier molecular flexibility index (Phi) is 6.34. The van der Waals surface area contributed by atoms with Crippen LogP contribution >= 0.6 is 12.2 Å². The topological polar surface area (TPSA) is 45.7 Å². The average molecular weight is 361 g/mol. The van der Waals surface area contributed by atoms with E-state index >= 15 is 0 Å². The maximum absolute atomic E-state index is 5.77. The van der Waals surface area contributed by atoms with Gasteiger partial charge in [-0.05, 0) is 59.7 Å². The molecule has 0 fully saturated rings. The minimum absolute atomic E-state index is 0.440. The molecule has 26 heavy (non-hydrogen) atoms. The molecule has 0 bridgehead atoms. The highest BCUT2D eigenvalue weighted by Gasteiger charge is 1.97. The van der Waals surface area contributed by atoms with E-state index in [1.165, 1.54) is 0 Å². The monoisotopic (exact) mass is 361 g/mol. The number of hydrogen-bond donors (Lipinski definition) is 2. The molecule has 3 rings (SSSR count). The van der Waals surface area contributed by atoms with Gasteiger partial charge in [-0.3, -0.25) is 5.43 Å². The smallest absolute Gasteiger partial charge is 0.191 e. The largest absolute Gasteiger partial charge is 0.489 e. The van der Waals surface area contributed by atoms with Crippen LogP contribution in [-0.2, 0) is 6.61 Å². The number of anilines is 1.